The van der Waals surface area contributed by atoms with Crippen molar-refractivity contribution in [3.05, 3.63) is 12.4 Å². The Morgan fingerprint density at radius 3 is 2.75 bits per heavy atom. The summed E-state index contributed by atoms with van der Waals surface area (Å²) in [4.78, 5) is 10.8. The molecule has 0 aromatic carbocycles. The first-order chi connectivity index (χ1) is 7.67. The van der Waals surface area contributed by atoms with Crippen molar-refractivity contribution in [2.75, 3.05) is 30.4 Å². The number of rotatable bonds is 6. The van der Waals surface area contributed by atoms with Gasteiger partial charge in [0.1, 0.15) is 11.6 Å². The van der Waals surface area contributed by atoms with Gasteiger partial charge in [0.25, 0.3) is 0 Å². The predicted molar refractivity (Wildman–Crippen MR) is 68.9 cm³/mol. The molecular weight excluding hydrogens is 200 g/mol. The molecule has 1 aromatic heterocycles. The zero-order valence-electron chi connectivity index (χ0n) is 10.7. The summed E-state index contributed by atoms with van der Waals surface area (Å²) in [5.74, 6) is 2.45. The lowest BCUT2D eigenvalue weighted by Gasteiger charge is -2.21. The summed E-state index contributed by atoms with van der Waals surface area (Å²) in [5, 5.41) is 3.17. The molecule has 0 aliphatic carbocycles. The van der Waals surface area contributed by atoms with Crippen molar-refractivity contribution in [3.63, 3.8) is 0 Å². The standard InChI is InChI=1S/C12H22N4/c1-5-10(3)9-16(4)12-8-13-7-11(15-12)14-6-2/h7-8,10H,5-6,9H2,1-4H3,(H,14,15). The second kappa shape index (κ2) is 6.30. The highest BCUT2D eigenvalue weighted by Gasteiger charge is 2.07. The van der Waals surface area contributed by atoms with Crippen LogP contribution in [-0.2, 0) is 0 Å². The zero-order valence-corrected chi connectivity index (χ0v) is 10.7. The molecule has 0 amide bonds. The molecule has 4 nitrogen and oxygen atoms in total. The fourth-order valence-electron chi connectivity index (χ4n) is 1.50. The number of anilines is 2. The van der Waals surface area contributed by atoms with E-state index in [1.165, 1.54) is 6.42 Å². The van der Waals surface area contributed by atoms with Crippen LogP contribution in [0.25, 0.3) is 0 Å². The SMILES string of the molecule is CCNc1cncc(N(C)CC(C)CC)n1. The van der Waals surface area contributed by atoms with Gasteiger partial charge in [-0.2, -0.15) is 0 Å². The van der Waals surface area contributed by atoms with Gasteiger partial charge in [-0.05, 0) is 12.8 Å². The van der Waals surface area contributed by atoms with E-state index in [-0.39, 0.29) is 0 Å². The molecule has 0 saturated carbocycles. The lowest BCUT2D eigenvalue weighted by Crippen LogP contribution is -2.24. The number of nitrogens with one attached hydrogen (secondary N) is 1. The molecule has 4 heteroatoms. The van der Waals surface area contributed by atoms with Crippen LogP contribution < -0.4 is 10.2 Å². The predicted octanol–water partition coefficient (Wildman–Crippen LogP) is 2.39. The molecular formula is C12H22N4. The van der Waals surface area contributed by atoms with Crippen molar-refractivity contribution in [1.82, 2.24) is 9.97 Å². The quantitative estimate of drug-likeness (QED) is 0.802. The van der Waals surface area contributed by atoms with Crippen LogP contribution in [0.15, 0.2) is 12.4 Å². The van der Waals surface area contributed by atoms with E-state index in [4.69, 9.17) is 0 Å². The maximum Gasteiger partial charge on any atom is 0.149 e. The normalized spacial score (nSPS) is 12.2. The second-order valence-corrected chi connectivity index (χ2v) is 4.19. The van der Waals surface area contributed by atoms with E-state index in [1.807, 2.05) is 6.20 Å². The number of hydrogen-bond donors (Lipinski definition) is 1. The van der Waals surface area contributed by atoms with Gasteiger partial charge < -0.3 is 10.2 Å². The van der Waals surface area contributed by atoms with E-state index in [1.54, 1.807) is 6.20 Å². The topological polar surface area (TPSA) is 41.1 Å². The highest BCUT2D eigenvalue weighted by atomic mass is 15.2. The molecule has 1 N–H and O–H groups in total. The Kier molecular flexibility index (Phi) is 5.02. The molecule has 0 aliphatic heterocycles. The highest BCUT2D eigenvalue weighted by molar-refractivity contribution is 5.43. The van der Waals surface area contributed by atoms with E-state index in [0.717, 1.165) is 24.7 Å². The first-order valence-electron chi connectivity index (χ1n) is 5.94. The molecule has 0 fully saturated rings. The van der Waals surface area contributed by atoms with E-state index >= 15 is 0 Å². The Hall–Kier alpha value is -1.32. The molecule has 0 saturated heterocycles. The first-order valence-corrected chi connectivity index (χ1v) is 5.94. The van der Waals surface area contributed by atoms with Crippen molar-refractivity contribution < 1.29 is 0 Å². The third kappa shape index (κ3) is 3.68. The summed E-state index contributed by atoms with van der Waals surface area (Å²) in [5.41, 5.74) is 0. The average molecular weight is 222 g/mol. The molecule has 1 unspecified atom stereocenters. The molecule has 1 heterocycles. The van der Waals surface area contributed by atoms with Gasteiger partial charge >= 0.3 is 0 Å². The molecule has 1 rings (SSSR count). The third-order valence-corrected chi connectivity index (χ3v) is 2.65. The number of aromatic nitrogens is 2. The summed E-state index contributed by atoms with van der Waals surface area (Å²) >= 11 is 0. The lowest BCUT2D eigenvalue weighted by atomic mass is 10.1. The maximum atomic E-state index is 4.50. The monoisotopic (exact) mass is 222 g/mol. The fraction of sp³-hybridized carbons (Fsp3) is 0.667. The fourth-order valence-corrected chi connectivity index (χ4v) is 1.50. The molecule has 0 spiro atoms. The summed E-state index contributed by atoms with van der Waals surface area (Å²) in [7, 11) is 2.06. The Morgan fingerprint density at radius 2 is 2.12 bits per heavy atom. The van der Waals surface area contributed by atoms with Gasteiger partial charge in [0, 0.05) is 20.1 Å². The summed E-state index contributed by atoms with van der Waals surface area (Å²) < 4.78 is 0. The van der Waals surface area contributed by atoms with Crippen LogP contribution in [0, 0.1) is 5.92 Å². The minimum absolute atomic E-state index is 0.676. The van der Waals surface area contributed by atoms with Crippen LogP contribution in [0.4, 0.5) is 11.6 Å². The molecule has 0 aliphatic rings. The smallest absolute Gasteiger partial charge is 0.149 e. The van der Waals surface area contributed by atoms with Crippen molar-refractivity contribution in [2.45, 2.75) is 27.2 Å². The van der Waals surface area contributed by atoms with E-state index in [9.17, 15) is 0 Å². The second-order valence-electron chi connectivity index (χ2n) is 4.19. The zero-order chi connectivity index (χ0) is 12.0. The third-order valence-electron chi connectivity index (χ3n) is 2.65. The molecule has 0 radical (unpaired) electrons. The number of nitrogens with zero attached hydrogens (tertiary/aromatic N) is 3. The lowest BCUT2D eigenvalue weighted by molar-refractivity contribution is 0.557. The van der Waals surface area contributed by atoms with Crippen LogP contribution in [0.3, 0.4) is 0 Å². The van der Waals surface area contributed by atoms with Crippen molar-refractivity contribution in [3.8, 4) is 0 Å². The number of hydrogen-bond acceptors (Lipinski definition) is 4. The highest BCUT2D eigenvalue weighted by Crippen LogP contribution is 2.13. The minimum Gasteiger partial charge on any atom is -0.369 e. The molecule has 1 aromatic rings. The Morgan fingerprint density at radius 1 is 1.38 bits per heavy atom. The van der Waals surface area contributed by atoms with Crippen LogP contribution >= 0.6 is 0 Å². The first kappa shape index (κ1) is 12.7. The van der Waals surface area contributed by atoms with E-state index in [2.05, 4.69) is 48.0 Å². The van der Waals surface area contributed by atoms with Gasteiger partial charge in [0.15, 0.2) is 0 Å². The summed E-state index contributed by atoms with van der Waals surface area (Å²) in [6, 6.07) is 0. The minimum atomic E-state index is 0.676. The van der Waals surface area contributed by atoms with E-state index < -0.39 is 0 Å². The Balaban J connectivity index is 2.67. The molecule has 90 valence electrons. The summed E-state index contributed by atoms with van der Waals surface area (Å²) in [6.45, 7) is 8.39. The van der Waals surface area contributed by atoms with E-state index in [0.29, 0.717) is 5.92 Å². The van der Waals surface area contributed by atoms with Gasteiger partial charge in [-0.25, -0.2) is 4.98 Å². The van der Waals surface area contributed by atoms with Crippen LogP contribution in [0.1, 0.15) is 27.2 Å². The Bertz CT molecular complexity index is 314. The molecule has 16 heavy (non-hydrogen) atoms. The van der Waals surface area contributed by atoms with Crippen LogP contribution in [0.5, 0.6) is 0 Å². The Labute approximate surface area is 98.1 Å². The molecule has 1 atom stereocenters. The summed E-state index contributed by atoms with van der Waals surface area (Å²) in [6.07, 6.45) is 4.75. The maximum absolute atomic E-state index is 4.50. The van der Waals surface area contributed by atoms with Gasteiger partial charge in [-0.3, -0.25) is 4.98 Å². The largest absolute Gasteiger partial charge is 0.369 e. The van der Waals surface area contributed by atoms with Crippen LogP contribution in [-0.4, -0.2) is 30.1 Å². The van der Waals surface area contributed by atoms with Crippen molar-refractivity contribution in [1.29, 1.82) is 0 Å². The molecule has 0 bridgehead atoms. The van der Waals surface area contributed by atoms with Gasteiger partial charge in [-0.1, -0.05) is 20.3 Å². The van der Waals surface area contributed by atoms with Gasteiger partial charge in [0.05, 0.1) is 12.4 Å². The van der Waals surface area contributed by atoms with Gasteiger partial charge in [0.2, 0.25) is 0 Å². The average Bonchev–Trinajstić information content (AvgIpc) is 2.29. The van der Waals surface area contributed by atoms with Crippen LogP contribution in [0.2, 0.25) is 0 Å². The van der Waals surface area contributed by atoms with Gasteiger partial charge in [-0.15, -0.1) is 0 Å². The van der Waals surface area contributed by atoms with Crippen molar-refractivity contribution >= 4 is 11.6 Å². The van der Waals surface area contributed by atoms with Crippen molar-refractivity contribution in [2.24, 2.45) is 5.92 Å².